The van der Waals surface area contributed by atoms with E-state index in [0.29, 0.717) is 30.9 Å². The second-order valence-electron chi connectivity index (χ2n) is 8.64. The molecule has 1 aromatic heterocycles. The van der Waals surface area contributed by atoms with Gasteiger partial charge in [0.15, 0.2) is 5.76 Å². The fraction of sp³-hybridized carbons (Fsp3) is 0.360. The first kappa shape index (κ1) is 23.3. The quantitative estimate of drug-likeness (QED) is 0.627. The zero-order valence-electron chi connectivity index (χ0n) is 19.6. The third-order valence-electron chi connectivity index (χ3n) is 5.86. The van der Waals surface area contributed by atoms with Crippen LogP contribution in [0.3, 0.4) is 0 Å². The monoisotopic (exact) mass is 465 g/mol. The Morgan fingerprint density at radius 2 is 2.00 bits per heavy atom. The van der Waals surface area contributed by atoms with Crippen molar-refractivity contribution in [1.82, 2.24) is 9.88 Å². The van der Waals surface area contributed by atoms with Crippen LogP contribution in [0.5, 0.6) is 11.5 Å². The Morgan fingerprint density at radius 3 is 2.65 bits per heavy atom. The number of nitrogens with zero attached hydrogens (tertiary/aromatic N) is 2. The highest BCUT2D eigenvalue weighted by molar-refractivity contribution is 6.02. The van der Waals surface area contributed by atoms with Gasteiger partial charge < -0.3 is 24.4 Å². The molecule has 0 radical (unpaired) electrons. The SMILES string of the molecule is COC(=O)c1ccc(NC(=O)C(CC(C)C)N2CC3=C(Oc4cccc(OC)c4C3)C2=O)nc1. The van der Waals surface area contributed by atoms with Crippen LogP contribution in [0.1, 0.15) is 36.2 Å². The molecular weight excluding hydrogens is 438 g/mol. The standard InChI is InChI=1S/C25H27N3O6/c1-14(2)10-18(23(29)27-21-9-8-15(12-26-21)25(31)33-4)28-13-16-11-17-19(32-3)6-5-7-20(17)34-22(16)24(28)30/h5-9,12,14,18H,10-11,13H2,1-4H3,(H,26,27,29). The van der Waals surface area contributed by atoms with Crippen molar-refractivity contribution < 1.29 is 28.6 Å². The highest BCUT2D eigenvalue weighted by Crippen LogP contribution is 2.40. The van der Waals surface area contributed by atoms with Gasteiger partial charge in [0.25, 0.3) is 5.91 Å². The predicted molar refractivity (Wildman–Crippen MR) is 124 cm³/mol. The summed E-state index contributed by atoms with van der Waals surface area (Å²) < 4.78 is 16.1. The minimum atomic E-state index is -0.714. The van der Waals surface area contributed by atoms with Crippen molar-refractivity contribution in [2.75, 3.05) is 26.1 Å². The maximum Gasteiger partial charge on any atom is 0.339 e. The molecule has 1 aromatic carbocycles. The lowest BCUT2D eigenvalue weighted by Gasteiger charge is -2.28. The van der Waals surface area contributed by atoms with E-state index in [4.69, 9.17) is 9.47 Å². The number of rotatable bonds is 7. The molecule has 0 spiro atoms. The summed E-state index contributed by atoms with van der Waals surface area (Å²) in [5.41, 5.74) is 1.99. The molecule has 178 valence electrons. The topological polar surface area (TPSA) is 107 Å². The largest absolute Gasteiger partial charge is 0.496 e. The maximum atomic E-state index is 13.3. The van der Waals surface area contributed by atoms with Gasteiger partial charge in [0, 0.05) is 30.3 Å². The van der Waals surface area contributed by atoms with Crippen LogP contribution in [-0.2, 0) is 20.7 Å². The molecule has 0 aliphatic carbocycles. The second kappa shape index (κ2) is 9.54. The van der Waals surface area contributed by atoms with Crippen molar-refractivity contribution in [3.05, 3.63) is 59.0 Å². The molecule has 3 heterocycles. The first-order valence-corrected chi connectivity index (χ1v) is 11.0. The van der Waals surface area contributed by atoms with Gasteiger partial charge in [0.2, 0.25) is 5.91 Å². The summed E-state index contributed by atoms with van der Waals surface area (Å²) >= 11 is 0. The number of hydrogen-bond donors (Lipinski definition) is 1. The highest BCUT2D eigenvalue weighted by Gasteiger charge is 2.42. The van der Waals surface area contributed by atoms with Gasteiger partial charge in [0.1, 0.15) is 23.4 Å². The van der Waals surface area contributed by atoms with E-state index in [9.17, 15) is 14.4 Å². The predicted octanol–water partition coefficient (Wildman–Crippen LogP) is 2.96. The number of carbonyl (C=O) groups excluding carboxylic acids is 3. The average Bonchev–Trinajstić information content (AvgIpc) is 3.15. The molecule has 9 heteroatoms. The first-order chi connectivity index (χ1) is 16.3. The van der Waals surface area contributed by atoms with Gasteiger partial charge in [0.05, 0.1) is 19.8 Å². The number of hydrogen-bond acceptors (Lipinski definition) is 7. The zero-order chi connectivity index (χ0) is 24.4. The smallest absolute Gasteiger partial charge is 0.339 e. The van der Waals surface area contributed by atoms with Crippen molar-refractivity contribution in [2.45, 2.75) is 32.7 Å². The molecule has 0 saturated carbocycles. The van der Waals surface area contributed by atoms with Crippen LogP contribution in [0.25, 0.3) is 0 Å². The summed E-state index contributed by atoms with van der Waals surface area (Å²) in [6, 6.07) is 7.81. The Morgan fingerprint density at radius 1 is 1.21 bits per heavy atom. The van der Waals surface area contributed by atoms with Gasteiger partial charge in [-0.3, -0.25) is 9.59 Å². The van der Waals surface area contributed by atoms with E-state index in [0.717, 1.165) is 11.1 Å². The molecule has 9 nitrogen and oxygen atoms in total. The van der Waals surface area contributed by atoms with Gasteiger partial charge in [-0.15, -0.1) is 0 Å². The third-order valence-corrected chi connectivity index (χ3v) is 5.86. The number of amides is 2. The molecule has 0 bridgehead atoms. The number of fused-ring (bicyclic) bond motifs is 1. The molecule has 2 aromatic rings. The Labute approximate surface area is 197 Å². The summed E-state index contributed by atoms with van der Waals surface area (Å²) in [4.78, 5) is 43.9. The molecule has 1 atom stereocenters. The van der Waals surface area contributed by atoms with Crippen LogP contribution in [-0.4, -0.2) is 54.5 Å². The Hall–Kier alpha value is -3.88. The number of ether oxygens (including phenoxy) is 3. The average molecular weight is 466 g/mol. The van der Waals surface area contributed by atoms with Crippen molar-refractivity contribution in [3.63, 3.8) is 0 Å². The van der Waals surface area contributed by atoms with Gasteiger partial charge >= 0.3 is 5.97 Å². The molecule has 2 aliphatic heterocycles. The number of pyridine rings is 1. The van der Waals surface area contributed by atoms with Crippen LogP contribution in [0.4, 0.5) is 5.82 Å². The van der Waals surface area contributed by atoms with Crippen LogP contribution in [0.2, 0.25) is 0 Å². The lowest BCUT2D eigenvalue weighted by atomic mass is 10.00. The van der Waals surface area contributed by atoms with E-state index in [1.165, 1.54) is 25.4 Å². The minimum absolute atomic E-state index is 0.161. The highest BCUT2D eigenvalue weighted by atomic mass is 16.5. The number of carbonyl (C=O) groups is 3. The van der Waals surface area contributed by atoms with Crippen molar-refractivity contribution >= 4 is 23.6 Å². The van der Waals surface area contributed by atoms with Crippen LogP contribution in [0.15, 0.2) is 47.9 Å². The summed E-state index contributed by atoms with van der Waals surface area (Å²) in [7, 11) is 2.88. The number of aromatic nitrogens is 1. The van der Waals surface area contributed by atoms with Gasteiger partial charge in [-0.25, -0.2) is 9.78 Å². The number of esters is 1. The maximum absolute atomic E-state index is 13.3. The minimum Gasteiger partial charge on any atom is -0.496 e. The van der Waals surface area contributed by atoms with E-state index in [-0.39, 0.29) is 34.9 Å². The van der Waals surface area contributed by atoms with Crippen LogP contribution in [0, 0.1) is 5.92 Å². The molecule has 4 rings (SSSR count). The van der Waals surface area contributed by atoms with Gasteiger partial charge in [-0.2, -0.15) is 0 Å². The van der Waals surface area contributed by atoms with Crippen molar-refractivity contribution in [1.29, 1.82) is 0 Å². The summed E-state index contributed by atoms with van der Waals surface area (Å²) in [5, 5.41) is 2.77. The second-order valence-corrected chi connectivity index (χ2v) is 8.64. The molecule has 2 aliphatic rings. The summed E-state index contributed by atoms with van der Waals surface area (Å²) in [6.07, 6.45) is 2.32. The van der Waals surface area contributed by atoms with Crippen LogP contribution >= 0.6 is 0 Å². The lowest BCUT2D eigenvalue weighted by Crippen LogP contribution is -2.46. The van der Waals surface area contributed by atoms with E-state index < -0.39 is 12.0 Å². The van der Waals surface area contributed by atoms with Crippen molar-refractivity contribution in [3.8, 4) is 11.5 Å². The number of nitrogens with one attached hydrogen (secondary N) is 1. The molecular formula is C25H27N3O6. The Kier molecular flexibility index (Phi) is 6.54. The van der Waals surface area contributed by atoms with Gasteiger partial charge in [-0.1, -0.05) is 19.9 Å². The molecule has 0 saturated heterocycles. The van der Waals surface area contributed by atoms with Gasteiger partial charge in [-0.05, 0) is 36.6 Å². The molecule has 1 N–H and O–H groups in total. The molecule has 1 unspecified atom stereocenters. The lowest BCUT2D eigenvalue weighted by molar-refractivity contribution is -0.135. The number of anilines is 1. The summed E-state index contributed by atoms with van der Waals surface area (Å²) in [5.74, 6) is 0.843. The molecule has 0 fully saturated rings. The molecule has 2 amide bonds. The number of methoxy groups -OCH3 is 2. The van der Waals surface area contributed by atoms with E-state index in [1.54, 1.807) is 18.1 Å². The van der Waals surface area contributed by atoms with E-state index in [2.05, 4.69) is 15.0 Å². The fourth-order valence-electron chi connectivity index (χ4n) is 4.20. The fourth-order valence-corrected chi connectivity index (χ4v) is 4.20. The Balaban J connectivity index is 1.53. The third kappa shape index (κ3) is 4.46. The first-order valence-electron chi connectivity index (χ1n) is 11.0. The Bertz CT molecular complexity index is 1160. The van der Waals surface area contributed by atoms with Crippen molar-refractivity contribution in [2.24, 2.45) is 5.92 Å². The van der Waals surface area contributed by atoms with E-state index in [1.807, 2.05) is 26.0 Å². The molecule has 34 heavy (non-hydrogen) atoms. The number of benzene rings is 1. The van der Waals surface area contributed by atoms with E-state index >= 15 is 0 Å². The normalized spacial score (nSPS) is 15.4. The summed E-state index contributed by atoms with van der Waals surface area (Å²) in [6.45, 7) is 4.29. The van der Waals surface area contributed by atoms with Crippen LogP contribution < -0.4 is 14.8 Å². The zero-order valence-corrected chi connectivity index (χ0v) is 19.6.